The minimum atomic E-state index is -0.749. The summed E-state index contributed by atoms with van der Waals surface area (Å²) >= 11 is 3.54. The summed E-state index contributed by atoms with van der Waals surface area (Å²) in [6, 6.07) is 11.8. The van der Waals surface area contributed by atoms with Crippen molar-refractivity contribution in [1.82, 2.24) is 4.98 Å². The largest absolute Gasteiger partial charge is 0.491 e. The molecule has 0 spiro atoms. The van der Waals surface area contributed by atoms with Crippen molar-refractivity contribution in [3.8, 4) is 5.75 Å². The van der Waals surface area contributed by atoms with Gasteiger partial charge in [0.05, 0.1) is 11.2 Å². The number of ether oxygens (including phenoxy) is 3. The highest BCUT2D eigenvalue weighted by molar-refractivity contribution is 9.10. The van der Waals surface area contributed by atoms with Gasteiger partial charge in [-0.25, -0.2) is 0 Å². The van der Waals surface area contributed by atoms with Crippen molar-refractivity contribution in [2.24, 2.45) is 0 Å². The number of aromatic amines is 1. The van der Waals surface area contributed by atoms with Gasteiger partial charge >= 0.3 is 0 Å². The van der Waals surface area contributed by atoms with Gasteiger partial charge in [-0.3, -0.25) is 4.79 Å². The summed E-state index contributed by atoms with van der Waals surface area (Å²) in [5.41, 5.74) is 3.35. The molecule has 2 aliphatic rings. The molecule has 1 N–H and O–H groups in total. The zero-order valence-corrected chi connectivity index (χ0v) is 26.8. The van der Waals surface area contributed by atoms with Gasteiger partial charge in [0.2, 0.25) is 9.76 Å². The van der Waals surface area contributed by atoms with Crippen LogP contribution in [0.5, 0.6) is 5.75 Å². The Bertz CT molecular complexity index is 1430. The van der Waals surface area contributed by atoms with E-state index in [9.17, 15) is 4.79 Å². The third-order valence-corrected chi connectivity index (χ3v) is 9.16. The zero-order valence-electron chi connectivity index (χ0n) is 24.2. The van der Waals surface area contributed by atoms with Crippen molar-refractivity contribution in [3.63, 3.8) is 0 Å². The molecule has 2 heterocycles. The predicted molar refractivity (Wildman–Crippen MR) is 158 cm³/mol. The van der Waals surface area contributed by atoms with Crippen LogP contribution >= 0.6 is 15.9 Å². The average Bonchev–Trinajstić information content (AvgIpc) is 3.37. The van der Waals surface area contributed by atoms with E-state index in [1.807, 2.05) is 64.1 Å². The summed E-state index contributed by atoms with van der Waals surface area (Å²) in [5.74, 6) is -0.109. The lowest BCUT2D eigenvalue weighted by Crippen LogP contribution is -2.48. The van der Waals surface area contributed by atoms with Crippen molar-refractivity contribution in [2.45, 2.75) is 96.4 Å². The molecule has 8 heteroatoms. The second-order valence-corrected chi connectivity index (χ2v) is 16.0. The summed E-state index contributed by atoms with van der Waals surface area (Å²) in [7, 11) is 0.322. The smallest absolute Gasteiger partial charge is 0.236 e. The third kappa shape index (κ3) is 5.38. The summed E-state index contributed by atoms with van der Waals surface area (Å²) in [5, 5.41) is 0.992. The predicted octanol–water partition coefficient (Wildman–Crippen LogP) is 7.33. The Morgan fingerprint density at radius 1 is 1.03 bits per heavy atom. The highest BCUT2D eigenvalue weighted by Gasteiger charge is 2.50. The quantitative estimate of drug-likeness (QED) is 0.295. The van der Waals surface area contributed by atoms with Crippen LogP contribution in [0.2, 0.25) is 5.04 Å². The lowest BCUT2D eigenvalue weighted by atomic mass is 9.71. The molecular formula is C31H38BrNO5Si. The molecule has 0 saturated carbocycles. The van der Waals surface area contributed by atoms with E-state index in [4.69, 9.17) is 18.6 Å². The molecule has 3 aromatic rings. The van der Waals surface area contributed by atoms with Crippen molar-refractivity contribution in [1.29, 1.82) is 0 Å². The molecule has 0 bridgehead atoms. The highest BCUT2D eigenvalue weighted by atomic mass is 79.9. The number of rotatable bonds is 6. The lowest BCUT2D eigenvalue weighted by molar-refractivity contribution is -0.162. The number of fused-ring (bicyclic) bond motifs is 4. The maximum atomic E-state index is 13.8. The molecule has 39 heavy (non-hydrogen) atoms. The van der Waals surface area contributed by atoms with Crippen molar-refractivity contribution in [3.05, 3.63) is 63.3 Å². The minimum absolute atomic E-state index is 0.00973. The van der Waals surface area contributed by atoms with Crippen molar-refractivity contribution >= 4 is 42.4 Å². The standard InChI is InChI=1S/C31H38BrNO5Si/c1-28(2,3)39-38-30(6,7)27-23(36-31(8,9)37-27)16-35-18-11-13-21-20(15-18)25(34)24-19-12-10-17(32)14-22(19)33-26(24)29(21,4)5/h10-15,23,27,33H,16H2,1-9H3/t23-,27-/m1/s1. The van der Waals surface area contributed by atoms with Gasteiger partial charge in [-0.05, 0) is 62.6 Å². The molecule has 208 valence electrons. The first-order chi connectivity index (χ1) is 18.0. The van der Waals surface area contributed by atoms with Gasteiger partial charge in [-0.2, -0.15) is 0 Å². The molecule has 1 aliphatic carbocycles. The first kappa shape index (κ1) is 28.6. The van der Waals surface area contributed by atoms with E-state index < -0.39 is 11.4 Å². The molecule has 5 rings (SSSR count). The monoisotopic (exact) mass is 611 g/mol. The first-order valence-corrected chi connectivity index (χ1v) is 15.1. The van der Waals surface area contributed by atoms with Crippen molar-refractivity contribution in [2.75, 3.05) is 6.61 Å². The van der Waals surface area contributed by atoms with Gasteiger partial charge in [0.25, 0.3) is 0 Å². The lowest BCUT2D eigenvalue weighted by Gasteiger charge is -2.36. The van der Waals surface area contributed by atoms with Crippen LogP contribution in [0.25, 0.3) is 10.9 Å². The molecule has 1 aromatic heterocycles. The van der Waals surface area contributed by atoms with E-state index in [0.717, 1.165) is 32.2 Å². The Labute approximate surface area is 242 Å². The molecule has 6 nitrogen and oxygen atoms in total. The summed E-state index contributed by atoms with van der Waals surface area (Å²) in [6.07, 6.45) is -0.643. The van der Waals surface area contributed by atoms with E-state index in [1.165, 1.54) is 0 Å². The van der Waals surface area contributed by atoms with E-state index >= 15 is 0 Å². The van der Waals surface area contributed by atoms with Crippen LogP contribution in [0.4, 0.5) is 0 Å². The minimum Gasteiger partial charge on any atom is -0.491 e. The maximum absolute atomic E-state index is 13.8. The highest BCUT2D eigenvalue weighted by Crippen LogP contribution is 2.45. The van der Waals surface area contributed by atoms with Gasteiger partial charge in [-0.15, -0.1) is 0 Å². The normalized spacial score (nSPS) is 22.2. The Morgan fingerprint density at radius 2 is 1.74 bits per heavy atom. The third-order valence-electron chi connectivity index (χ3n) is 7.43. The molecule has 0 amide bonds. The average molecular weight is 613 g/mol. The van der Waals surface area contributed by atoms with Crippen LogP contribution in [0, 0.1) is 0 Å². The maximum Gasteiger partial charge on any atom is 0.236 e. The van der Waals surface area contributed by atoms with Crippen molar-refractivity contribution < 1.29 is 23.4 Å². The SMILES string of the molecule is CC1(C)O[C@@H](C(C)(C)O[Si]C(C)(C)C)[C@@H](COc2ccc3c(c2)C(=O)c2c([nH]c4cc(Br)ccc24)C3(C)C)O1. The number of hydrogen-bond acceptors (Lipinski definition) is 5. The van der Waals surface area contributed by atoms with Gasteiger partial charge in [-0.1, -0.05) is 62.7 Å². The number of benzene rings is 2. The number of carbonyl (C=O) groups is 1. The van der Waals surface area contributed by atoms with E-state index in [1.54, 1.807) is 0 Å². The number of hydrogen-bond donors (Lipinski definition) is 1. The molecule has 2 aromatic carbocycles. The Morgan fingerprint density at radius 3 is 2.44 bits per heavy atom. The molecule has 2 radical (unpaired) electrons. The van der Waals surface area contributed by atoms with Crippen LogP contribution in [0.1, 0.15) is 89.5 Å². The fourth-order valence-electron chi connectivity index (χ4n) is 5.56. The summed E-state index contributed by atoms with van der Waals surface area (Å²) < 4.78 is 26.2. The van der Waals surface area contributed by atoms with Crippen LogP contribution in [0.3, 0.4) is 0 Å². The van der Waals surface area contributed by atoms with Crippen LogP contribution in [-0.4, -0.2) is 50.7 Å². The second kappa shape index (κ2) is 9.55. The number of aromatic nitrogens is 1. The van der Waals surface area contributed by atoms with Gasteiger partial charge < -0.3 is 23.6 Å². The fraction of sp³-hybridized carbons (Fsp3) is 0.516. The molecule has 2 atom stereocenters. The van der Waals surface area contributed by atoms with Gasteiger partial charge in [0.1, 0.15) is 24.6 Å². The number of H-pyrrole nitrogens is 1. The molecular weight excluding hydrogens is 574 g/mol. The first-order valence-electron chi connectivity index (χ1n) is 13.4. The molecule has 0 unspecified atom stereocenters. The molecule has 1 aliphatic heterocycles. The topological polar surface area (TPSA) is 69.8 Å². The van der Waals surface area contributed by atoms with Crippen LogP contribution in [-0.2, 0) is 19.3 Å². The van der Waals surface area contributed by atoms with E-state index in [0.29, 0.717) is 21.1 Å². The number of halogens is 1. The molecule has 1 saturated heterocycles. The van der Waals surface area contributed by atoms with Crippen LogP contribution in [0.15, 0.2) is 40.9 Å². The van der Waals surface area contributed by atoms with Gasteiger partial charge in [0.15, 0.2) is 11.6 Å². The fourth-order valence-corrected chi connectivity index (χ4v) is 6.60. The second-order valence-electron chi connectivity index (χ2n) is 13.2. The summed E-state index contributed by atoms with van der Waals surface area (Å²) in [6.45, 7) is 19.0. The number of ketones is 1. The summed E-state index contributed by atoms with van der Waals surface area (Å²) in [4.78, 5) is 17.4. The Kier molecular flexibility index (Phi) is 6.99. The van der Waals surface area contributed by atoms with Crippen LogP contribution < -0.4 is 4.74 Å². The molecule has 1 fully saturated rings. The number of carbonyl (C=O) groups excluding carboxylic acids is 1. The van der Waals surface area contributed by atoms with Gasteiger partial charge in [0, 0.05) is 32.0 Å². The Balaban J connectivity index is 1.40. The van der Waals surface area contributed by atoms with E-state index in [2.05, 4.69) is 55.5 Å². The zero-order chi connectivity index (χ0) is 28.5. The van der Waals surface area contributed by atoms with E-state index in [-0.39, 0.29) is 35.1 Å². The number of nitrogens with one attached hydrogen (secondary N) is 1. The Hall–Kier alpha value is -1.97.